The SMILES string of the molecule is COC(C)CC(N)c1c(Br)cnn1C. The lowest BCUT2D eigenvalue weighted by molar-refractivity contribution is 0.104. The van der Waals surface area contributed by atoms with Crippen LogP contribution in [-0.4, -0.2) is 23.0 Å². The Bertz CT molecular complexity index is 281. The van der Waals surface area contributed by atoms with Crippen molar-refractivity contribution in [3.63, 3.8) is 0 Å². The van der Waals surface area contributed by atoms with Crippen LogP contribution in [0, 0.1) is 0 Å². The van der Waals surface area contributed by atoms with Crippen LogP contribution in [0.5, 0.6) is 0 Å². The first-order valence-electron chi connectivity index (χ1n) is 4.52. The summed E-state index contributed by atoms with van der Waals surface area (Å²) in [5.74, 6) is 0. The van der Waals surface area contributed by atoms with E-state index in [1.165, 1.54) is 0 Å². The summed E-state index contributed by atoms with van der Waals surface area (Å²) in [6.07, 6.45) is 2.70. The predicted octanol–water partition coefficient (Wildman–Crippen LogP) is 1.61. The van der Waals surface area contributed by atoms with Crippen LogP contribution in [0.3, 0.4) is 0 Å². The normalized spacial score (nSPS) is 15.5. The van der Waals surface area contributed by atoms with E-state index in [1.807, 2.05) is 14.0 Å². The van der Waals surface area contributed by atoms with Crippen molar-refractivity contribution in [1.29, 1.82) is 0 Å². The van der Waals surface area contributed by atoms with Crippen molar-refractivity contribution in [2.24, 2.45) is 12.8 Å². The van der Waals surface area contributed by atoms with Gasteiger partial charge in [0, 0.05) is 14.2 Å². The van der Waals surface area contributed by atoms with E-state index >= 15 is 0 Å². The van der Waals surface area contributed by atoms with Crippen molar-refractivity contribution in [3.05, 3.63) is 16.4 Å². The Morgan fingerprint density at radius 1 is 1.71 bits per heavy atom. The zero-order valence-corrected chi connectivity index (χ0v) is 10.3. The van der Waals surface area contributed by atoms with Crippen molar-refractivity contribution in [2.75, 3.05) is 7.11 Å². The number of aromatic nitrogens is 2. The molecular weight excluding hydrogens is 246 g/mol. The Balaban J connectivity index is 2.73. The molecule has 0 spiro atoms. The van der Waals surface area contributed by atoms with Gasteiger partial charge < -0.3 is 10.5 Å². The molecular formula is C9H16BrN3O. The highest BCUT2D eigenvalue weighted by Gasteiger charge is 2.17. The molecule has 2 unspecified atom stereocenters. The molecule has 0 aliphatic rings. The van der Waals surface area contributed by atoms with Crippen molar-refractivity contribution in [3.8, 4) is 0 Å². The average Bonchev–Trinajstić information content (AvgIpc) is 2.46. The maximum atomic E-state index is 6.05. The van der Waals surface area contributed by atoms with Gasteiger partial charge in [-0.1, -0.05) is 0 Å². The molecule has 0 saturated carbocycles. The Morgan fingerprint density at radius 3 is 2.79 bits per heavy atom. The molecule has 0 aromatic carbocycles. The molecule has 0 amide bonds. The van der Waals surface area contributed by atoms with Gasteiger partial charge in [-0.25, -0.2) is 0 Å². The number of methoxy groups -OCH3 is 1. The summed E-state index contributed by atoms with van der Waals surface area (Å²) in [5, 5.41) is 4.12. The van der Waals surface area contributed by atoms with Crippen LogP contribution in [0.1, 0.15) is 25.1 Å². The molecule has 4 nitrogen and oxygen atoms in total. The number of nitrogens with zero attached hydrogens (tertiary/aromatic N) is 2. The number of aryl methyl sites for hydroxylation is 1. The van der Waals surface area contributed by atoms with E-state index in [0.29, 0.717) is 0 Å². The number of ether oxygens (including phenoxy) is 1. The molecule has 0 aliphatic heterocycles. The van der Waals surface area contributed by atoms with Gasteiger partial charge in [-0.3, -0.25) is 4.68 Å². The van der Waals surface area contributed by atoms with E-state index in [9.17, 15) is 0 Å². The van der Waals surface area contributed by atoms with Crippen molar-refractivity contribution in [2.45, 2.75) is 25.5 Å². The quantitative estimate of drug-likeness (QED) is 0.896. The Hall–Kier alpha value is -0.390. The van der Waals surface area contributed by atoms with E-state index in [2.05, 4.69) is 21.0 Å². The molecule has 0 aliphatic carbocycles. The second kappa shape index (κ2) is 4.91. The fourth-order valence-corrected chi connectivity index (χ4v) is 2.04. The standard InChI is InChI=1S/C9H16BrN3O/c1-6(14-3)4-8(11)9-7(10)5-12-13(9)2/h5-6,8H,4,11H2,1-3H3. The van der Waals surface area contributed by atoms with E-state index < -0.39 is 0 Å². The number of halogens is 1. The first-order valence-corrected chi connectivity index (χ1v) is 5.31. The van der Waals surface area contributed by atoms with Gasteiger partial charge in [-0.2, -0.15) is 5.10 Å². The highest BCUT2D eigenvalue weighted by atomic mass is 79.9. The Labute approximate surface area is 92.5 Å². The zero-order chi connectivity index (χ0) is 10.7. The molecule has 2 N–H and O–H groups in total. The number of rotatable bonds is 4. The van der Waals surface area contributed by atoms with Crippen LogP contribution in [0.25, 0.3) is 0 Å². The molecule has 0 bridgehead atoms. The second-order valence-electron chi connectivity index (χ2n) is 3.39. The average molecular weight is 262 g/mol. The van der Waals surface area contributed by atoms with Gasteiger partial charge in [0.1, 0.15) is 0 Å². The van der Waals surface area contributed by atoms with Crippen LogP contribution < -0.4 is 5.73 Å². The van der Waals surface area contributed by atoms with Crippen molar-refractivity contribution in [1.82, 2.24) is 9.78 Å². The molecule has 1 aromatic rings. The van der Waals surface area contributed by atoms with Gasteiger partial charge in [-0.15, -0.1) is 0 Å². The molecule has 0 radical (unpaired) electrons. The summed E-state index contributed by atoms with van der Waals surface area (Å²) in [4.78, 5) is 0. The van der Waals surface area contributed by atoms with Gasteiger partial charge >= 0.3 is 0 Å². The highest BCUT2D eigenvalue weighted by molar-refractivity contribution is 9.10. The Morgan fingerprint density at radius 2 is 2.36 bits per heavy atom. The molecule has 1 aromatic heterocycles. The molecule has 0 fully saturated rings. The van der Waals surface area contributed by atoms with Crippen LogP contribution >= 0.6 is 15.9 Å². The molecule has 1 rings (SSSR count). The summed E-state index contributed by atoms with van der Waals surface area (Å²) >= 11 is 3.43. The molecule has 14 heavy (non-hydrogen) atoms. The first kappa shape index (κ1) is 11.7. The minimum atomic E-state index is -0.0492. The van der Waals surface area contributed by atoms with Crippen molar-refractivity contribution >= 4 is 15.9 Å². The largest absolute Gasteiger partial charge is 0.382 e. The predicted molar refractivity (Wildman–Crippen MR) is 58.9 cm³/mol. The van der Waals surface area contributed by atoms with Gasteiger partial charge in [0.05, 0.1) is 28.5 Å². The van der Waals surface area contributed by atoms with E-state index in [4.69, 9.17) is 10.5 Å². The third kappa shape index (κ3) is 2.56. The van der Waals surface area contributed by atoms with Gasteiger partial charge in [0.25, 0.3) is 0 Å². The summed E-state index contributed by atoms with van der Waals surface area (Å²) in [7, 11) is 3.58. The van der Waals surface area contributed by atoms with Crippen molar-refractivity contribution < 1.29 is 4.74 Å². The van der Waals surface area contributed by atoms with Crippen LogP contribution in [-0.2, 0) is 11.8 Å². The fraction of sp³-hybridized carbons (Fsp3) is 0.667. The van der Waals surface area contributed by atoms with E-state index in [-0.39, 0.29) is 12.1 Å². The topological polar surface area (TPSA) is 53.1 Å². The van der Waals surface area contributed by atoms with Crippen LogP contribution in [0.4, 0.5) is 0 Å². The molecule has 5 heteroatoms. The third-order valence-electron chi connectivity index (χ3n) is 2.28. The van der Waals surface area contributed by atoms with Crippen LogP contribution in [0.2, 0.25) is 0 Å². The van der Waals surface area contributed by atoms with Gasteiger partial charge in [0.2, 0.25) is 0 Å². The minimum Gasteiger partial charge on any atom is -0.382 e. The lowest BCUT2D eigenvalue weighted by Gasteiger charge is -2.16. The fourth-order valence-electron chi connectivity index (χ4n) is 1.40. The molecule has 2 atom stereocenters. The molecule has 0 saturated heterocycles. The summed E-state index contributed by atoms with van der Waals surface area (Å²) < 4.78 is 7.92. The number of hydrogen-bond acceptors (Lipinski definition) is 3. The van der Waals surface area contributed by atoms with E-state index in [1.54, 1.807) is 18.0 Å². The molecule has 80 valence electrons. The smallest absolute Gasteiger partial charge is 0.0691 e. The zero-order valence-electron chi connectivity index (χ0n) is 8.70. The maximum absolute atomic E-state index is 6.05. The minimum absolute atomic E-state index is 0.0492. The first-order chi connectivity index (χ1) is 6.56. The monoisotopic (exact) mass is 261 g/mol. The van der Waals surface area contributed by atoms with E-state index in [0.717, 1.165) is 16.6 Å². The second-order valence-corrected chi connectivity index (χ2v) is 4.24. The van der Waals surface area contributed by atoms with Crippen LogP contribution in [0.15, 0.2) is 10.7 Å². The lowest BCUT2D eigenvalue weighted by atomic mass is 10.1. The number of hydrogen-bond donors (Lipinski definition) is 1. The maximum Gasteiger partial charge on any atom is 0.0691 e. The molecule has 1 heterocycles. The summed E-state index contributed by atoms with van der Waals surface area (Å²) in [5.41, 5.74) is 7.06. The lowest BCUT2D eigenvalue weighted by Crippen LogP contribution is -2.21. The van der Waals surface area contributed by atoms with Gasteiger partial charge in [0.15, 0.2) is 0 Å². The van der Waals surface area contributed by atoms with Gasteiger partial charge in [-0.05, 0) is 29.3 Å². The Kier molecular flexibility index (Phi) is 4.10. The summed E-state index contributed by atoms with van der Waals surface area (Å²) in [6.45, 7) is 2.00. The third-order valence-corrected chi connectivity index (χ3v) is 2.89. The summed E-state index contributed by atoms with van der Waals surface area (Å²) in [6, 6.07) is -0.0492. The number of nitrogens with two attached hydrogens (primary N) is 1. The highest BCUT2D eigenvalue weighted by Crippen LogP contribution is 2.24.